The Labute approximate surface area is 163 Å². The van der Waals surface area contributed by atoms with Gasteiger partial charge in [-0.2, -0.15) is 0 Å². The van der Waals surface area contributed by atoms with E-state index in [0.29, 0.717) is 0 Å². The van der Waals surface area contributed by atoms with E-state index in [0.717, 1.165) is 40.2 Å². The van der Waals surface area contributed by atoms with Gasteiger partial charge in [-0.05, 0) is 69.4 Å². The molecule has 1 saturated carbocycles. The highest BCUT2D eigenvalue weighted by Crippen LogP contribution is 2.43. The van der Waals surface area contributed by atoms with Gasteiger partial charge in [0.15, 0.2) is 0 Å². The van der Waals surface area contributed by atoms with E-state index >= 15 is 0 Å². The Bertz CT molecular complexity index is 846. The van der Waals surface area contributed by atoms with E-state index in [9.17, 15) is 0 Å². The number of allylic oxidation sites excluding steroid dienone is 6. The van der Waals surface area contributed by atoms with Gasteiger partial charge in [-0.1, -0.05) is 32.4 Å². The highest BCUT2D eigenvalue weighted by atomic mass is 14.9. The van der Waals surface area contributed by atoms with Crippen molar-refractivity contribution in [3.8, 4) is 0 Å². The Morgan fingerprint density at radius 1 is 1.22 bits per heavy atom. The van der Waals surface area contributed by atoms with Crippen LogP contribution >= 0.6 is 0 Å². The zero-order valence-corrected chi connectivity index (χ0v) is 17.1. The molecule has 1 aromatic heterocycles. The number of fused-ring (bicyclic) bond motifs is 1. The fraction of sp³-hybridized carbons (Fsp3) is 0.417. The Morgan fingerprint density at radius 2 is 1.96 bits per heavy atom. The first kappa shape index (κ1) is 19.3. The third-order valence-electron chi connectivity index (χ3n) is 6.11. The van der Waals surface area contributed by atoms with E-state index in [1.54, 1.807) is 0 Å². The van der Waals surface area contributed by atoms with Crippen molar-refractivity contribution in [1.82, 2.24) is 4.98 Å². The van der Waals surface area contributed by atoms with E-state index < -0.39 is 0 Å². The second kappa shape index (κ2) is 8.08. The number of nitrogens with one attached hydrogen (secondary N) is 1. The maximum Gasteiger partial charge on any atom is 0.0490 e. The molecule has 142 valence electrons. The first-order valence-corrected chi connectivity index (χ1v) is 10.00. The summed E-state index contributed by atoms with van der Waals surface area (Å²) in [6.45, 7) is 12.6. The van der Waals surface area contributed by atoms with Crippen LogP contribution in [0, 0.1) is 12.3 Å². The van der Waals surface area contributed by atoms with Gasteiger partial charge in [0.25, 0.3) is 0 Å². The average Bonchev–Trinajstić information content (AvgIpc) is 3.15. The smallest absolute Gasteiger partial charge is 0.0490 e. The Kier molecular flexibility index (Phi) is 5.79. The number of aromatic nitrogens is 1. The number of aryl methyl sites for hydroxylation is 1. The molecule has 0 spiro atoms. The molecule has 1 fully saturated rings. The molecule has 27 heavy (non-hydrogen) atoms. The minimum atomic E-state index is 0.180. The van der Waals surface area contributed by atoms with Crippen LogP contribution in [0.3, 0.4) is 0 Å². The van der Waals surface area contributed by atoms with Gasteiger partial charge in [-0.3, -0.25) is 9.98 Å². The van der Waals surface area contributed by atoms with Crippen molar-refractivity contribution in [3.63, 3.8) is 0 Å². The van der Waals surface area contributed by atoms with Gasteiger partial charge in [0.05, 0.1) is 0 Å². The van der Waals surface area contributed by atoms with Crippen molar-refractivity contribution in [1.29, 1.82) is 0 Å². The summed E-state index contributed by atoms with van der Waals surface area (Å²) < 4.78 is 0. The van der Waals surface area contributed by atoms with E-state index in [4.69, 9.17) is 4.99 Å². The molecule has 1 N–H and O–H groups in total. The van der Waals surface area contributed by atoms with E-state index in [2.05, 4.69) is 55.9 Å². The number of anilines is 1. The summed E-state index contributed by atoms with van der Waals surface area (Å²) >= 11 is 0. The lowest BCUT2D eigenvalue weighted by molar-refractivity contribution is 0.420. The third-order valence-corrected chi connectivity index (χ3v) is 6.11. The maximum atomic E-state index is 5.19. The molecule has 0 aromatic carbocycles. The van der Waals surface area contributed by atoms with Crippen molar-refractivity contribution in [2.75, 3.05) is 5.32 Å². The molecule has 2 aliphatic rings. The zero-order chi connectivity index (χ0) is 19.4. The minimum absolute atomic E-state index is 0.180. The highest BCUT2D eigenvalue weighted by Gasteiger charge is 2.36. The first-order chi connectivity index (χ1) is 13.0. The molecule has 1 aliphatic heterocycles. The monoisotopic (exact) mass is 361 g/mol. The molecule has 1 aromatic rings. The molecular formula is C24H31N3. The molecule has 0 amide bonds. The molecule has 3 rings (SSSR count). The van der Waals surface area contributed by atoms with Gasteiger partial charge in [-0.25, -0.2) is 0 Å². The SMILES string of the molecule is C=CC1=C/C(C2(CC)CCCC2)=N\C(C)=C(\C)c2cnc(C)cc2N\C=C\1. The van der Waals surface area contributed by atoms with Gasteiger partial charge in [-0.15, -0.1) is 0 Å². The fourth-order valence-electron chi connectivity index (χ4n) is 4.14. The van der Waals surface area contributed by atoms with Crippen LogP contribution in [-0.4, -0.2) is 10.7 Å². The molecule has 0 bridgehead atoms. The van der Waals surface area contributed by atoms with Crippen LogP contribution in [0.5, 0.6) is 0 Å². The number of rotatable bonds is 3. The van der Waals surface area contributed by atoms with Crippen molar-refractivity contribution in [2.45, 2.75) is 59.8 Å². The molecule has 0 unspecified atom stereocenters. The standard InChI is InChI=1S/C24H31N3/c1-6-20-10-13-25-22-14-17(3)26-16-21(22)18(4)19(5)27-23(15-20)24(7-2)11-8-9-12-24/h6,10,13-16,25H,1,7-9,11-12H2,2-5H3/b13-10+,19-18-,20-15-,27-23+. The van der Waals surface area contributed by atoms with Gasteiger partial charge in [0.2, 0.25) is 0 Å². The van der Waals surface area contributed by atoms with Crippen LogP contribution in [-0.2, 0) is 0 Å². The quantitative estimate of drug-likeness (QED) is 0.658. The lowest BCUT2D eigenvalue weighted by atomic mass is 9.77. The molecule has 1 aliphatic carbocycles. The summed E-state index contributed by atoms with van der Waals surface area (Å²) in [5.74, 6) is 0. The second-order valence-corrected chi connectivity index (χ2v) is 7.75. The summed E-state index contributed by atoms with van der Waals surface area (Å²) in [5, 5.41) is 3.43. The predicted molar refractivity (Wildman–Crippen MR) is 117 cm³/mol. The van der Waals surface area contributed by atoms with Crippen LogP contribution < -0.4 is 5.32 Å². The summed E-state index contributed by atoms with van der Waals surface area (Å²) in [4.78, 5) is 9.70. The third kappa shape index (κ3) is 3.97. The molecule has 3 nitrogen and oxygen atoms in total. The zero-order valence-electron chi connectivity index (χ0n) is 17.1. The van der Waals surface area contributed by atoms with Crippen molar-refractivity contribution >= 4 is 17.0 Å². The lowest BCUT2D eigenvalue weighted by Crippen LogP contribution is -2.26. The number of aliphatic imine (C=N–C) groups is 1. The summed E-state index contributed by atoms with van der Waals surface area (Å²) in [6, 6.07) is 2.08. The molecule has 0 radical (unpaired) electrons. The van der Waals surface area contributed by atoms with E-state index in [1.807, 2.05) is 25.4 Å². The summed E-state index contributed by atoms with van der Waals surface area (Å²) in [5.41, 5.74) is 7.83. The van der Waals surface area contributed by atoms with Gasteiger partial charge in [0, 0.05) is 46.2 Å². The highest BCUT2D eigenvalue weighted by molar-refractivity contribution is 6.02. The van der Waals surface area contributed by atoms with Crippen LogP contribution in [0.2, 0.25) is 0 Å². The first-order valence-electron chi connectivity index (χ1n) is 10.00. The van der Waals surface area contributed by atoms with E-state index in [-0.39, 0.29) is 5.41 Å². The van der Waals surface area contributed by atoms with Crippen LogP contribution in [0.25, 0.3) is 5.57 Å². The van der Waals surface area contributed by atoms with Gasteiger partial charge >= 0.3 is 0 Å². The predicted octanol–water partition coefficient (Wildman–Crippen LogP) is 6.60. The molecule has 2 heterocycles. The van der Waals surface area contributed by atoms with Crippen molar-refractivity contribution in [3.05, 3.63) is 65.8 Å². The Morgan fingerprint density at radius 3 is 2.63 bits per heavy atom. The molecule has 3 heteroatoms. The van der Waals surface area contributed by atoms with Gasteiger partial charge < -0.3 is 5.32 Å². The van der Waals surface area contributed by atoms with Crippen molar-refractivity contribution in [2.24, 2.45) is 10.4 Å². The number of pyridine rings is 1. The molecular weight excluding hydrogens is 330 g/mol. The normalized spacial score (nSPS) is 27.3. The topological polar surface area (TPSA) is 37.3 Å². The Balaban J connectivity index is 2.22. The lowest BCUT2D eigenvalue weighted by Gasteiger charge is -2.28. The second-order valence-electron chi connectivity index (χ2n) is 7.75. The summed E-state index contributed by atoms with van der Waals surface area (Å²) in [7, 11) is 0. The number of nitrogens with zero attached hydrogens (tertiary/aromatic N) is 2. The number of hydrogen-bond donors (Lipinski definition) is 1. The maximum absolute atomic E-state index is 5.19. The molecule has 0 atom stereocenters. The number of hydrogen-bond acceptors (Lipinski definition) is 3. The van der Waals surface area contributed by atoms with Crippen LogP contribution in [0.15, 0.2) is 59.5 Å². The van der Waals surface area contributed by atoms with E-state index in [1.165, 1.54) is 31.4 Å². The minimum Gasteiger partial charge on any atom is -0.361 e. The van der Waals surface area contributed by atoms with Crippen LogP contribution in [0.4, 0.5) is 5.69 Å². The molecule has 0 saturated heterocycles. The summed E-state index contributed by atoms with van der Waals surface area (Å²) in [6.07, 6.45) is 16.3. The van der Waals surface area contributed by atoms with Crippen LogP contribution in [0.1, 0.15) is 64.1 Å². The van der Waals surface area contributed by atoms with Gasteiger partial charge in [0.1, 0.15) is 0 Å². The average molecular weight is 362 g/mol. The van der Waals surface area contributed by atoms with Crippen molar-refractivity contribution < 1.29 is 0 Å². The largest absolute Gasteiger partial charge is 0.361 e. The fourth-order valence-corrected chi connectivity index (χ4v) is 4.14. The Hall–Kier alpha value is -2.42.